The van der Waals surface area contributed by atoms with Gasteiger partial charge >= 0.3 is 0 Å². The summed E-state index contributed by atoms with van der Waals surface area (Å²) >= 11 is 1.46. The summed E-state index contributed by atoms with van der Waals surface area (Å²) in [5.41, 5.74) is 7.70. The lowest BCUT2D eigenvalue weighted by molar-refractivity contribution is -0.245. The number of nitrogens with one attached hydrogen (secondary N) is 2. The molecule has 63 heavy (non-hydrogen) atoms. The van der Waals surface area contributed by atoms with Gasteiger partial charge in [-0.15, -0.1) is 5.10 Å². The highest BCUT2D eigenvalue weighted by atomic mass is 32.2. The normalized spacial score (nSPS) is 17.0. The predicted molar refractivity (Wildman–Crippen MR) is 239 cm³/mol. The molecule has 0 spiro atoms. The maximum atomic E-state index is 13.8. The van der Waals surface area contributed by atoms with Crippen molar-refractivity contribution in [3.8, 4) is 22.6 Å². The van der Waals surface area contributed by atoms with Gasteiger partial charge in [0.25, 0.3) is 0 Å². The number of carbonyl (C=O) groups excluding carboxylic acids is 1. The first-order valence-electron chi connectivity index (χ1n) is 20.4. The van der Waals surface area contributed by atoms with Crippen molar-refractivity contribution in [2.75, 3.05) is 5.75 Å². The fourth-order valence-corrected chi connectivity index (χ4v) is 9.41. The summed E-state index contributed by atoms with van der Waals surface area (Å²) < 4.78 is 44.4. The Labute approximate surface area is 370 Å². The molecule has 322 valence electrons. The van der Waals surface area contributed by atoms with E-state index in [1.807, 2.05) is 110 Å². The number of aliphatic hydroxyl groups excluding tert-OH is 1. The van der Waals surface area contributed by atoms with E-state index >= 15 is 0 Å². The summed E-state index contributed by atoms with van der Waals surface area (Å²) in [5, 5.41) is 35.3. The minimum absolute atomic E-state index is 0.0563. The van der Waals surface area contributed by atoms with Crippen molar-refractivity contribution in [1.82, 2.24) is 30.2 Å². The van der Waals surface area contributed by atoms with Crippen molar-refractivity contribution >= 4 is 27.7 Å². The van der Waals surface area contributed by atoms with Crippen molar-refractivity contribution in [2.45, 2.75) is 67.5 Å². The molecule has 1 amide bonds. The number of aromatic hydroxyl groups is 1. The van der Waals surface area contributed by atoms with Gasteiger partial charge in [-0.05, 0) is 93.6 Å². The van der Waals surface area contributed by atoms with Gasteiger partial charge in [-0.1, -0.05) is 133 Å². The van der Waals surface area contributed by atoms with Crippen LogP contribution in [0, 0.1) is 6.92 Å². The molecule has 15 heteroatoms. The van der Waals surface area contributed by atoms with Gasteiger partial charge in [0.2, 0.25) is 21.1 Å². The fourth-order valence-electron chi connectivity index (χ4n) is 7.31. The Kier molecular flexibility index (Phi) is 13.7. The van der Waals surface area contributed by atoms with E-state index in [1.165, 1.54) is 23.9 Å². The molecule has 1 saturated heterocycles. The molecular weight excluding hydrogens is 837 g/mol. The number of tetrazole rings is 1. The Morgan fingerprint density at radius 1 is 0.825 bits per heavy atom. The molecule has 1 aliphatic heterocycles. The van der Waals surface area contributed by atoms with Crippen LogP contribution in [-0.2, 0) is 43.9 Å². The number of phenols is 1. The lowest BCUT2D eigenvalue weighted by Crippen LogP contribution is -2.47. The molecule has 13 nitrogen and oxygen atoms in total. The zero-order valence-electron chi connectivity index (χ0n) is 34.3. The van der Waals surface area contributed by atoms with Crippen LogP contribution in [0.1, 0.15) is 52.2 Å². The van der Waals surface area contributed by atoms with E-state index in [-0.39, 0.29) is 42.4 Å². The monoisotopic (exact) mass is 882 g/mol. The molecule has 1 aromatic heterocycles. The number of sulfonamides is 1. The molecule has 8 rings (SSSR count). The SMILES string of the molecule is Cc1ccc(S(=O)(=O)N[C@H](Cc2ccccc2)C(=O)NCc2ccccc2-c2ccc([C@H]3O[C@@H](CSc4nnnn4-c4ccc(O)cc4)C[C@@H](c4ccc(CO)cc4)O3)cc2)cc1. The molecule has 1 fully saturated rings. The molecular formula is C48H46N6O7S2. The second-order valence-electron chi connectivity index (χ2n) is 15.2. The smallest absolute Gasteiger partial charge is 0.241 e. The number of carbonyl (C=O) groups is 1. The highest BCUT2D eigenvalue weighted by Crippen LogP contribution is 2.40. The maximum absolute atomic E-state index is 13.8. The van der Waals surface area contributed by atoms with Crippen LogP contribution in [0.25, 0.3) is 16.8 Å². The largest absolute Gasteiger partial charge is 0.508 e. The highest BCUT2D eigenvalue weighted by Gasteiger charge is 2.33. The number of aromatic nitrogens is 4. The van der Waals surface area contributed by atoms with E-state index in [4.69, 9.17) is 9.47 Å². The lowest BCUT2D eigenvalue weighted by Gasteiger charge is -2.36. The van der Waals surface area contributed by atoms with Gasteiger partial charge in [-0.25, -0.2) is 8.42 Å². The number of aliphatic hydroxyl groups is 1. The van der Waals surface area contributed by atoms with Crippen molar-refractivity contribution < 1.29 is 32.9 Å². The number of ether oxygens (including phenoxy) is 2. The maximum Gasteiger partial charge on any atom is 0.241 e. The number of amides is 1. The van der Waals surface area contributed by atoms with Gasteiger partial charge < -0.3 is 25.0 Å². The van der Waals surface area contributed by atoms with Crippen LogP contribution < -0.4 is 10.0 Å². The Balaban J connectivity index is 0.980. The van der Waals surface area contributed by atoms with Crippen LogP contribution in [0.2, 0.25) is 0 Å². The van der Waals surface area contributed by atoms with Crippen LogP contribution in [-0.4, -0.2) is 62.6 Å². The Hall–Kier alpha value is -6.20. The predicted octanol–water partition coefficient (Wildman–Crippen LogP) is 7.38. The molecule has 7 aromatic rings. The van der Waals surface area contributed by atoms with E-state index in [9.17, 15) is 23.4 Å². The van der Waals surface area contributed by atoms with Crippen molar-refractivity contribution in [2.24, 2.45) is 0 Å². The molecule has 0 saturated carbocycles. The molecule has 4 atom stereocenters. The fraction of sp³-hybridized carbons (Fsp3) is 0.208. The second-order valence-corrected chi connectivity index (χ2v) is 17.9. The van der Waals surface area contributed by atoms with Crippen molar-refractivity contribution in [1.29, 1.82) is 0 Å². The number of nitrogens with zero attached hydrogens (tertiary/aromatic N) is 4. The quantitative estimate of drug-likeness (QED) is 0.0713. The highest BCUT2D eigenvalue weighted by molar-refractivity contribution is 7.99. The van der Waals surface area contributed by atoms with Gasteiger partial charge in [0, 0.05) is 24.3 Å². The van der Waals surface area contributed by atoms with E-state index in [1.54, 1.807) is 41.1 Å². The van der Waals surface area contributed by atoms with Crippen LogP contribution in [0.3, 0.4) is 0 Å². The Morgan fingerprint density at radius 3 is 2.25 bits per heavy atom. The number of benzene rings is 6. The topological polar surface area (TPSA) is 178 Å². The summed E-state index contributed by atoms with van der Waals surface area (Å²) in [4.78, 5) is 13.9. The van der Waals surface area contributed by atoms with Crippen molar-refractivity contribution in [3.05, 3.63) is 185 Å². The van der Waals surface area contributed by atoms with E-state index in [0.717, 1.165) is 44.5 Å². The Morgan fingerprint density at radius 2 is 1.52 bits per heavy atom. The van der Waals surface area contributed by atoms with E-state index in [0.29, 0.717) is 23.0 Å². The van der Waals surface area contributed by atoms with Gasteiger partial charge in [-0.2, -0.15) is 9.40 Å². The standard InChI is InChI=1S/C48H46N6O7S2/c1-32-11-25-42(26-12-32)63(58,59)51-44(27-33-7-3-2-4-8-33)46(57)49-29-38-9-5-6-10-43(38)35-17-19-37(20-18-35)47-60-41(28-45(61-47)36-15-13-34(30-55)14-16-36)31-62-48-50-52-53-54(48)39-21-23-40(56)24-22-39/h2-26,41,44-45,47,51,55-56H,27-31H2,1H3,(H,49,57)/t41-,44-,45+,47+/m1/s1. The molecule has 4 N–H and O–H groups in total. The summed E-state index contributed by atoms with van der Waals surface area (Å²) in [7, 11) is -4.00. The van der Waals surface area contributed by atoms with Crippen molar-refractivity contribution in [3.63, 3.8) is 0 Å². The summed E-state index contributed by atoms with van der Waals surface area (Å²) in [6.45, 7) is 1.99. The van der Waals surface area contributed by atoms with Gasteiger partial charge in [0.1, 0.15) is 11.8 Å². The van der Waals surface area contributed by atoms with Crippen LogP contribution in [0.15, 0.2) is 162 Å². The third-order valence-corrected chi connectivity index (χ3v) is 13.3. The number of rotatable bonds is 16. The lowest BCUT2D eigenvalue weighted by atomic mass is 9.97. The molecule has 2 heterocycles. The zero-order chi connectivity index (χ0) is 43.8. The average Bonchev–Trinajstić information content (AvgIpc) is 3.79. The zero-order valence-corrected chi connectivity index (χ0v) is 36.0. The Bertz CT molecular complexity index is 2720. The second kappa shape index (κ2) is 19.9. The summed E-state index contributed by atoms with van der Waals surface area (Å²) in [6.07, 6.45) is -0.518. The molecule has 0 aliphatic carbocycles. The summed E-state index contributed by atoms with van der Waals surface area (Å²) in [6, 6.07) is 44.8. The minimum Gasteiger partial charge on any atom is -0.508 e. The summed E-state index contributed by atoms with van der Waals surface area (Å²) in [5.74, 6) is 0.228. The molecule has 6 aromatic carbocycles. The van der Waals surface area contributed by atoms with Crippen LogP contribution in [0.5, 0.6) is 5.75 Å². The number of thioether (sulfide) groups is 1. The van der Waals surface area contributed by atoms with E-state index in [2.05, 4.69) is 25.6 Å². The molecule has 0 radical (unpaired) electrons. The minimum atomic E-state index is -4.00. The number of hydrogen-bond acceptors (Lipinski definition) is 11. The van der Waals surface area contributed by atoms with Gasteiger partial charge in [0.15, 0.2) is 6.29 Å². The average molecular weight is 883 g/mol. The number of phenolic OH excluding ortho intramolecular Hbond substituents is 1. The number of hydrogen-bond donors (Lipinski definition) is 4. The third-order valence-electron chi connectivity index (χ3n) is 10.7. The first kappa shape index (κ1) is 43.4. The molecule has 0 bridgehead atoms. The van der Waals surface area contributed by atoms with Gasteiger partial charge in [-0.3, -0.25) is 4.79 Å². The van der Waals surface area contributed by atoms with Crippen LogP contribution >= 0.6 is 11.8 Å². The van der Waals surface area contributed by atoms with Crippen LogP contribution in [0.4, 0.5) is 0 Å². The van der Waals surface area contributed by atoms with Gasteiger partial charge in [0.05, 0.1) is 29.4 Å². The molecule has 1 aliphatic rings. The molecule has 0 unspecified atom stereocenters. The first-order valence-corrected chi connectivity index (χ1v) is 22.9. The van der Waals surface area contributed by atoms with E-state index < -0.39 is 28.3 Å². The number of aryl methyl sites for hydroxylation is 1. The first-order chi connectivity index (χ1) is 30.6. The third kappa shape index (κ3) is 10.9.